The second-order valence-electron chi connectivity index (χ2n) is 6.66. The summed E-state index contributed by atoms with van der Waals surface area (Å²) in [6.45, 7) is 0.978. The number of ether oxygens (including phenoxy) is 3. The fourth-order valence-corrected chi connectivity index (χ4v) is 2.78. The highest BCUT2D eigenvalue weighted by Gasteiger charge is 2.28. The molecule has 1 heterocycles. The SMILES string of the molecule is CN=C(NCc1ccc(OCC(F)(F)F)cc1)NCc1ccc2c(c1)OCCCO2. The normalized spacial score (nSPS) is 14.1. The van der Waals surface area contributed by atoms with Gasteiger partial charge in [-0.25, -0.2) is 0 Å². The van der Waals surface area contributed by atoms with Crippen molar-refractivity contribution in [1.82, 2.24) is 10.6 Å². The van der Waals surface area contributed by atoms with E-state index in [0.29, 0.717) is 32.3 Å². The number of nitrogens with zero attached hydrogens (tertiary/aromatic N) is 1. The molecule has 0 unspecified atom stereocenters. The zero-order chi connectivity index (χ0) is 21.4. The van der Waals surface area contributed by atoms with E-state index in [1.807, 2.05) is 18.2 Å². The first-order valence-electron chi connectivity index (χ1n) is 9.54. The quantitative estimate of drug-likeness (QED) is 0.549. The zero-order valence-corrected chi connectivity index (χ0v) is 16.6. The minimum atomic E-state index is -4.35. The highest BCUT2D eigenvalue weighted by Crippen LogP contribution is 2.30. The fraction of sp³-hybridized carbons (Fsp3) is 0.381. The number of halogens is 3. The summed E-state index contributed by atoms with van der Waals surface area (Å²) in [6.07, 6.45) is -3.50. The van der Waals surface area contributed by atoms with E-state index in [0.717, 1.165) is 29.0 Å². The number of aliphatic imine (C=N–C) groups is 1. The van der Waals surface area contributed by atoms with Gasteiger partial charge in [0.1, 0.15) is 5.75 Å². The van der Waals surface area contributed by atoms with Gasteiger partial charge in [0.25, 0.3) is 0 Å². The second kappa shape index (κ2) is 10.1. The Morgan fingerprint density at radius 3 is 2.27 bits per heavy atom. The molecule has 3 rings (SSSR count). The Hall–Kier alpha value is -3.10. The molecule has 0 aliphatic carbocycles. The van der Waals surface area contributed by atoms with Crippen molar-refractivity contribution in [2.75, 3.05) is 26.9 Å². The van der Waals surface area contributed by atoms with E-state index in [1.165, 1.54) is 12.1 Å². The van der Waals surface area contributed by atoms with Crippen LogP contribution in [0.15, 0.2) is 47.5 Å². The van der Waals surface area contributed by atoms with Gasteiger partial charge in [-0.2, -0.15) is 13.2 Å². The van der Waals surface area contributed by atoms with E-state index in [-0.39, 0.29) is 5.75 Å². The summed E-state index contributed by atoms with van der Waals surface area (Å²) in [5, 5.41) is 6.39. The van der Waals surface area contributed by atoms with Gasteiger partial charge in [-0.05, 0) is 35.4 Å². The lowest BCUT2D eigenvalue weighted by atomic mass is 10.2. The van der Waals surface area contributed by atoms with E-state index < -0.39 is 12.8 Å². The lowest BCUT2D eigenvalue weighted by Gasteiger charge is -2.14. The Morgan fingerprint density at radius 1 is 0.967 bits per heavy atom. The molecule has 0 fully saturated rings. The van der Waals surface area contributed by atoms with Crippen molar-refractivity contribution >= 4 is 5.96 Å². The van der Waals surface area contributed by atoms with Crippen LogP contribution in [-0.2, 0) is 13.1 Å². The highest BCUT2D eigenvalue weighted by atomic mass is 19.4. The van der Waals surface area contributed by atoms with Gasteiger partial charge in [0.2, 0.25) is 0 Å². The van der Waals surface area contributed by atoms with Gasteiger partial charge in [-0.1, -0.05) is 18.2 Å². The topological polar surface area (TPSA) is 64.1 Å². The third-order valence-electron chi connectivity index (χ3n) is 4.28. The van der Waals surface area contributed by atoms with Crippen LogP contribution in [0.2, 0.25) is 0 Å². The van der Waals surface area contributed by atoms with Crippen LogP contribution in [0, 0.1) is 0 Å². The Balaban J connectivity index is 1.47. The van der Waals surface area contributed by atoms with Crippen molar-refractivity contribution in [2.24, 2.45) is 4.99 Å². The average molecular weight is 423 g/mol. The molecule has 9 heteroatoms. The van der Waals surface area contributed by atoms with E-state index in [2.05, 4.69) is 15.6 Å². The Labute approximate surface area is 173 Å². The van der Waals surface area contributed by atoms with Gasteiger partial charge in [-0.3, -0.25) is 4.99 Å². The summed E-state index contributed by atoms with van der Waals surface area (Å²) >= 11 is 0. The number of nitrogens with one attached hydrogen (secondary N) is 2. The molecular weight excluding hydrogens is 399 g/mol. The summed E-state index contributed by atoms with van der Waals surface area (Å²) in [4.78, 5) is 4.18. The Morgan fingerprint density at radius 2 is 1.60 bits per heavy atom. The van der Waals surface area contributed by atoms with Gasteiger partial charge >= 0.3 is 6.18 Å². The summed E-state index contributed by atoms with van der Waals surface area (Å²) < 4.78 is 52.6. The molecule has 1 aliphatic heterocycles. The van der Waals surface area contributed by atoms with Gasteiger partial charge < -0.3 is 24.8 Å². The van der Waals surface area contributed by atoms with Crippen LogP contribution in [0.3, 0.4) is 0 Å². The first-order valence-corrected chi connectivity index (χ1v) is 9.54. The Bertz CT molecular complexity index is 855. The molecule has 30 heavy (non-hydrogen) atoms. The van der Waals surface area contributed by atoms with Gasteiger partial charge in [0.15, 0.2) is 24.1 Å². The number of alkyl halides is 3. The molecular formula is C21H24F3N3O3. The molecule has 0 spiro atoms. The standard InChI is InChI=1S/C21H24F3N3O3/c1-25-20(26-12-15-3-6-17(7-4-15)30-14-21(22,23)24)27-13-16-5-8-18-19(11-16)29-10-2-9-28-18/h3-8,11H,2,9-10,12-14H2,1H3,(H2,25,26,27). The van der Waals surface area contributed by atoms with Crippen molar-refractivity contribution < 1.29 is 27.4 Å². The number of benzene rings is 2. The maximum Gasteiger partial charge on any atom is 0.422 e. The minimum absolute atomic E-state index is 0.174. The number of hydrogen-bond acceptors (Lipinski definition) is 4. The largest absolute Gasteiger partial charge is 0.490 e. The molecule has 0 saturated carbocycles. The number of hydrogen-bond donors (Lipinski definition) is 2. The second-order valence-corrected chi connectivity index (χ2v) is 6.66. The molecule has 0 bridgehead atoms. The summed E-state index contributed by atoms with van der Waals surface area (Å²) in [5.41, 5.74) is 1.90. The van der Waals surface area contributed by atoms with Crippen LogP contribution >= 0.6 is 0 Å². The predicted molar refractivity (Wildman–Crippen MR) is 107 cm³/mol. The maximum absolute atomic E-state index is 12.2. The van der Waals surface area contributed by atoms with Gasteiger partial charge in [0.05, 0.1) is 13.2 Å². The molecule has 0 amide bonds. The van der Waals surface area contributed by atoms with Gasteiger partial charge in [-0.15, -0.1) is 0 Å². The van der Waals surface area contributed by atoms with Crippen LogP contribution in [0.4, 0.5) is 13.2 Å². The molecule has 0 aromatic heterocycles. The summed E-state index contributed by atoms with van der Waals surface area (Å²) in [7, 11) is 1.66. The van der Waals surface area contributed by atoms with Crippen molar-refractivity contribution in [2.45, 2.75) is 25.7 Å². The van der Waals surface area contributed by atoms with E-state index in [1.54, 1.807) is 19.2 Å². The number of guanidine groups is 1. The lowest BCUT2D eigenvalue weighted by Crippen LogP contribution is -2.36. The smallest absolute Gasteiger partial charge is 0.422 e. The van der Waals surface area contributed by atoms with Crippen LogP contribution in [0.1, 0.15) is 17.5 Å². The molecule has 2 aromatic rings. The lowest BCUT2D eigenvalue weighted by molar-refractivity contribution is -0.153. The molecule has 2 N–H and O–H groups in total. The van der Waals surface area contributed by atoms with E-state index >= 15 is 0 Å². The van der Waals surface area contributed by atoms with Crippen LogP contribution < -0.4 is 24.8 Å². The average Bonchev–Trinajstić information content (AvgIpc) is 2.97. The third-order valence-corrected chi connectivity index (χ3v) is 4.28. The molecule has 162 valence electrons. The summed E-state index contributed by atoms with van der Waals surface area (Å²) in [5.74, 6) is 2.26. The molecule has 0 radical (unpaired) electrons. The highest BCUT2D eigenvalue weighted by molar-refractivity contribution is 5.79. The van der Waals surface area contributed by atoms with Crippen molar-refractivity contribution in [3.8, 4) is 17.2 Å². The first kappa shape index (κ1) is 21.6. The monoisotopic (exact) mass is 423 g/mol. The molecule has 1 aliphatic rings. The fourth-order valence-electron chi connectivity index (χ4n) is 2.78. The van der Waals surface area contributed by atoms with Crippen LogP contribution in [-0.4, -0.2) is 39.0 Å². The van der Waals surface area contributed by atoms with Crippen LogP contribution in [0.25, 0.3) is 0 Å². The number of fused-ring (bicyclic) bond motifs is 1. The molecule has 6 nitrogen and oxygen atoms in total. The first-order chi connectivity index (χ1) is 14.4. The predicted octanol–water partition coefficient (Wildman–Crippen LogP) is 3.65. The zero-order valence-electron chi connectivity index (χ0n) is 16.6. The Kier molecular flexibility index (Phi) is 7.26. The van der Waals surface area contributed by atoms with Crippen molar-refractivity contribution in [3.63, 3.8) is 0 Å². The van der Waals surface area contributed by atoms with Crippen molar-refractivity contribution in [1.29, 1.82) is 0 Å². The van der Waals surface area contributed by atoms with E-state index in [4.69, 9.17) is 14.2 Å². The molecule has 0 atom stereocenters. The van der Waals surface area contributed by atoms with E-state index in [9.17, 15) is 13.2 Å². The minimum Gasteiger partial charge on any atom is -0.490 e. The van der Waals surface area contributed by atoms with Gasteiger partial charge in [0, 0.05) is 26.6 Å². The third kappa shape index (κ3) is 6.75. The number of rotatable bonds is 6. The molecule has 0 saturated heterocycles. The van der Waals surface area contributed by atoms with Crippen LogP contribution in [0.5, 0.6) is 17.2 Å². The summed E-state index contributed by atoms with van der Waals surface area (Å²) in [6, 6.07) is 12.2. The molecule has 2 aromatic carbocycles. The van der Waals surface area contributed by atoms with Crippen molar-refractivity contribution in [3.05, 3.63) is 53.6 Å². The maximum atomic E-state index is 12.2.